The minimum Gasteiger partial charge on any atom is -0.354 e. The van der Waals surface area contributed by atoms with Gasteiger partial charge in [-0.1, -0.05) is 18.2 Å². The monoisotopic (exact) mass is 298 g/mol. The fourth-order valence-corrected chi connectivity index (χ4v) is 3.89. The zero-order valence-electron chi connectivity index (χ0n) is 10.7. The molecular formula is C14H19ClN2OS. The highest BCUT2D eigenvalue weighted by atomic mass is 35.5. The quantitative estimate of drug-likeness (QED) is 0.898. The summed E-state index contributed by atoms with van der Waals surface area (Å²) in [6.07, 6.45) is 2.40. The molecular weight excluding hydrogens is 280 g/mol. The first kappa shape index (κ1) is 14.7. The van der Waals surface area contributed by atoms with Crippen LogP contribution in [0.25, 0.3) is 0 Å². The van der Waals surface area contributed by atoms with Crippen LogP contribution >= 0.6 is 24.2 Å². The normalized spacial score (nSPS) is 24.6. The Labute approximate surface area is 124 Å². The molecule has 19 heavy (non-hydrogen) atoms. The number of rotatable bonds is 3. The maximum Gasteiger partial charge on any atom is 0.228 e. The van der Waals surface area contributed by atoms with Gasteiger partial charge in [-0.3, -0.25) is 4.79 Å². The van der Waals surface area contributed by atoms with Crippen LogP contribution in [0.5, 0.6) is 0 Å². The number of hydrogen-bond acceptors (Lipinski definition) is 3. The molecule has 2 atom stereocenters. The Kier molecular flexibility index (Phi) is 5.13. The molecule has 1 aromatic rings. The van der Waals surface area contributed by atoms with Gasteiger partial charge in [-0.2, -0.15) is 0 Å². The first-order valence-electron chi connectivity index (χ1n) is 6.57. The maximum absolute atomic E-state index is 12.2. The van der Waals surface area contributed by atoms with E-state index in [9.17, 15) is 4.79 Å². The molecule has 3 rings (SSSR count). The zero-order chi connectivity index (χ0) is 12.4. The van der Waals surface area contributed by atoms with Gasteiger partial charge in [0.1, 0.15) is 0 Å². The Hall–Kier alpha value is -0.710. The molecule has 0 aliphatic carbocycles. The third-order valence-corrected chi connectivity index (χ3v) is 4.88. The third-order valence-electron chi connectivity index (χ3n) is 3.70. The van der Waals surface area contributed by atoms with Crippen molar-refractivity contribution in [2.24, 2.45) is 0 Å². The van der Waals surface area contributed by atoms with Crippen LogP contribution in [0.1, 0.15) is 24.3 Å². The maximum atomic E-state index is 12.2. The Bertz CT molecular complexity index is 449. The van der Waals surface area contributed by atoms with Crippen molar-refractivity contribution in [1.29, 1.82) is 0 Å². The van der Waals surface area contributed by atoms with E-state index in [-0.39, 0.29) is 24.2 Å². The van der Waals surface area contributed by atoms with Crippen LogP contribution in [0, 0.1) is 0 Å². The molecule has 2 aliphatic heterocycles. The van der Waals surface area contributed by atoms with E-state index in [1.165, 1.54) is 23.3 Å². The van der Waals surface area contributed by atoms with Crippen molar-refractivity contribution >= 4 is 30.1 Å². The first-order valence-corrected chi connectivity index (χ1v) is 7.56. The lowest BCUT2D eigenvalue weighted by molar-refractivity contribution is -0.122. The van der Waals surface area contributed by atoms with E-state index < -0.39 is 0 Å². The average Bonchev–Trinajstić information content (AvgIpc) is 3.05. The fraction of sp³-hybridized carbons (Fsp3) is 0.500. The summed E-state index contributed by atoms with van der Waals surface area (Å²) in [4.78, 5) is 13.5. The van der Waals surface area contributed by atoms with Crippen LogP contribution in [0.2, 0.25) is 0 Å². The number of carbonyl (C=O) groups excluding carboxylic acids is 1. The van der Waals surface area contributed by atoms with Crippen molar-refractivity contribution in [3.05, 3.63) is 29.8 Å². The number of carbonyl (C=O) groups is 1. The summed E-state index contributed by atoms with van der Waals surface area (Å²) < 4.78 is 0. The van der Waals surface area contributed by atoms with Gasteiger partial charge in [0.15, 0.2) is 0 Å². The summed E-state index contributed by atoms with van der Waals surface area (Å²) in [6.45, 7) is 1.85. The van der Waals surface area contributed by atoms with Crippen molar-refractivity contribution in [3.63, 3.8) is 0 Å². The van der Waals surface area contributed by atoms with Crippen molar-refractivity contribution in [2.45, 2.75) is 29.7 Å². The molecule has 104 valence electrons. The summed E-state index contributed by atoms with van der Waals surface area (Å²) in [6, 6.07) is 8.70. The number of thioether (sulfide) groups is 1. The predicted octanol–water partition coefficient (Wildman–Crippen LogP) is 2.17. The highest BCUT2D eigenvalue weighted by Crippen LogP contribution is 2.39. The Balaban J connectivity index is 0.00000133. The SMILES string of the molecule is Cl.O=C(NCC1CCCN1)C1CSc2ccccc21. The number of fused-ring (bicyclic) bond motifs is 1. The van der Waals surface area contributed by atoms with Gasteiger partial charge in [0.05, 0.1) is 5.92 Å². The van der Waals surface area contributed by atoms with E-state index in [4.69, 9.17) is 0 Å². The van der Waals surface area contributed by atoms with Crippen molar-refractivity contribution in [1.82, 2.24) is 10.6 Å². The van der Waals surface area contributed by atoms with Gasteiger partial charge < -0.3 is 10.6 Å². The second-order valence-electron chi connectivity index (χ2n) is 4.94. The van der Waals surface area contributed by atoms with Crippen molar-refractivity contribution < 1.29 is 4.79 Å². The molecule has 0 bridgehead atoms. The highest BCUT2D eigenvalue weighted by Gasteiger charge is 2.29. The van der Waals surface area contributed by atoms with Gasteiger partial charge in [-0.15, -0.1) is 24.2 Å². The molecule has 5 heteroatoms. The molecule has 1 saturated heterocycles. The molecule has 0 aromatic heterocycles. The Morgan fingerprint density at radius 2 is 2.26 bits per heavy atom. The standard InChI is InChI=1S/C14H18N2OS.ClH/c17-14(16-8-10-4-3-7-15-10)12-9-18-13-6-2-1-5-11(12)13;/h1-2,5-6,10,12,15H,3-4,7-9H2,(H,16,17);1H. The second kappa shape index (κ2) is 6.64. The van der Waals surface area contributed by atoms with Crippen LogP contribution in [-0.4, -0.2) is 30.8 Å². The molecule has 1 aromatic carbocycles. The van der Waals surface area contributed by atoms with Gasteiger partial charge in [0.25, 0.3) is 0 Å². The van der Waals surface area contributed by atoms with Crippen LogP contribution in [0.4, 0.5) is 0 Å². The Morgan fingerprint density at radius 1 is 1.42 bits per heavy atom. The molecule has 2 unspecified atom stereocenters. The van der Waals surface area contributed by atoms with E-state index in [1.807, 2.05) is 12.1 Å². The van der Waals surface area contributed by atoms with Gasteiger partial charge in [-0.05, 0) is 31.0 Å². The third kappa shape index (κ3) is 3.25. The number of halogens is 1. The number of benzene rings is 1. The van der Waals surface area contributed by atoms with Crippen LogP contribution in [-0.2, 0) is 4.79 Å². The van der Waals surface area contributed by atoms with E-state index in [2.05, 4.69) is 22.8 Å². The largest absolute Gasteiger partial charge is 0.354 e. The summed E-state index contributed by atoms with van der Waals surface area (Å²) in [5, 5.41) is 6.49. The summed E-state index contributed by atoms with van der Waals surface area (Å²) in [5.41, 5.74) is 1.19. The van der Waals surface area contributed by atoms with Crippen molar-refractivity contribution in [2.75, 3.05) is 18.8 Å². The highest BCUT2D eigenvalue weighted by molar-refractivity contribution is 7.99. The van der Waals surface area contributed by atoms with Gasteiger partial charge in [0.2, 0.25) is 5.91 Å². The van der Waals surface area contributed by atoms with E-state index in [0.717, 1.165) is 18.8 Å². The van der Waals surface area contributed by atoms with E-state index in [0.29, 0.717) is 6.04 Å². The van der Waals surface area contributed by atoms with Crippen molar-refractivity contribution in [3.8, 4) is 0 Å². The zero-order valence-corrected chi connectivity index (χ0v) is 12.4. The van der Waals surface area contributed by atoms with Crippen LogP contribution < -0.4 is 10.6 Å². The van der Waals surface area contributed by atoms with Crippen LogP contribution in [0.3, 0.4) is 0 Å². The van der Waals surface area contributed by atoms with Crippen LogP contribution in [0.15, 0.2) is 29.2 Å². The molecule has 2 aliphatic rings. The van der Waals surface area contributed by atoms with E-state index in [1.54, 1.807) is 11.8 Å². The Morgan fingerprint density at radius 3 is 3.05 bits per heavy atom. The van der Waals surface area contributed by atoms with Gasteiger partial charge >= 0.3 is 0 Å². The lowest BCUT2D eigenvalue weighted by atomic mass is 10.0. The molecule has 2 N–H and O–H groups in total. The second-order valence-corrected chi connectivity index (χ2v) is 6.00. The molecule has 0 radical (unpaired) electrons. The average molecular weight is 299 g/mol. The predicted molar refractivity (Wildman–Crippen MR) is 81.2 cm³/mol. The lowest BCUT2D eigenvalue weighted by Crippen LogP contribution is -2.39. The molecule has 1 fully saturated rings. The topological polar surface area (TPSA) is 41.1 Å². The minimum absolute atomic E-state index is 0. The van der Waals surface area contributed by atoms with Gasteiger partial charge in [-0.25, -0.2) is 0 Å². The summed E-state index contributed by atoms with van der Waals surface area (Å²) >= 11 is 1.79. The summed E-state index contributed by atoms with van der Waals surface area (Å²) in [5.74, 6) is 1.09. The molecule has 0 saturated carbocycles. The molecule has 3 nitrogen and oxygen atoms in total. The molecule has 2 heterocycles. The van der Waals surface area contributed by atoms with E-state index >= 15 is 0 Å². The first-order chi connectivity index (χ1) is 8.84. The molecule has 0 spiro atoms. The minimum atomic E-state index is 0. The molecule has 1 amide bonds. The number of nitrogens with one attached hydrogen (secondary N) is 2. The summed E-state index contributed by atoms with van der Waals surface area (Å²) in [7, 11) is 0. The lowest BCUT2D eigenvalue weighted by Gasteiger charge is -2.15. The van der Waals surface area contributed by atoms with Gasteiger partial charge in [0, 0.05) is 23.2 Å². The fourth-order valence-electron chi connectivity index (χ4n) is 2.66. The number of hydrogen-bond donors (Lipinski definition) is 2. The number of amides is 1. The smallest absolute Gasteiger partial charge is 0.228 e.